The van der Waals surface area contributed by atoms with Crippen molar-refractivity contribution in [2.45, 2.75) is 40.3 Å². The maximum Gasteiger partial charge on any atom is 0.387 e. The zero-order valence-electron chi connectivity index (χ0n) is 14.7. The monoisotopic (exact) mass is 387 g/mol. The van der Waals surface area contributed by atoms with Gasteiger partial charge in [0.15, 0.2) is 11.5 Å². The van der Waals surface area contributed by atoms with Crippen LogP contribution in [0.1, 0.15) is 24.7 Å². The van der Waals surface area contributed by atoms with Crippen LogP contribution in [0, 0.1) is 13.8 Å². The van der Waals surface area contributed by atoms with Gasteiger partial charge in [-0.05, 0) is 32.9 Å². The van der Waals surface area contributed by atoms with Gasteiger partial charge in [0.25, 0.3) is 0 Å². The van der Waals surface area contributed by atoms with Gasteiger partial charge in [0.1, 0.15) is 0 Å². The second-order valence-corrected chi connectivity index (χ2v) is 5.86. The van der Waals surface area contributed by atoms with E-state index >= 15 is 0 Å². The van der Waals surface area contributed by atoms with Crippen LogP contribution in [0.4, 0.5) is 14.5 Å². The lowest BCUT2D eigenvalue weighted by Gasteiger charge is -2.13. The Morgan fingerprint density at radius 1 is 1.35 bits per heavy atom. The Balaban J connectivity index is 2.01. The number of amides is 1. The van der Waals surface area contributed by atoms with Crippen LogP contribution in [-0.2, 0) is 11.3 Å². The maximum atomic E-state index is 12.4. The molecular weight excluding hydrogens is 368 g/mol. The standard InChI is InChI=1S/C17H20ClF2N3O3/c1-4-25-14-9-12(5-6-13(14)26-17(19)20)21-15(24)7-8-23-11(3)16(18)10(2)22-23/h5-6,9,17H,4,7-8H2,1-3H3,(H,21,24). The van der Waals surface area contributed by atoms with E-state index < -0.39 is 6.61 Å². The first-order valence-electron chi connectivity index (χ1n) is 8.02. The summed E-state index contributed by atoms with van der Waals surface area (Å²) < 4.78 is 36.2. The molecule has 0 saturated carbocycles. The number of hydrogen-bond acceptors (Lipinski definition) is 4. The van der Waals surface area contributed by atoms with Gasteiger partial charge in [-0.1, -0.05) is 11.6 Å². The van der Waals surface area contributed by atoms with Crippen molar-refractivity contribution >= 4 is 23.2 Å². The van der Waals surface area contributed by atoms with E-state index in [1.54, 1.807) is 18.5 Å². The number of aryl methyl sites for hydroxylation is 2. The van der Waals surface area contributed by atoms with Crippen molar-refractivity contribution in [3.8, 4) is 11.5 Å². The number of ether oxygens (including phenoxy) is 2. The fraction of sp³-hybridized carbons (Fsp3) is 0.412. The van der Waals surface area contributed by atoms with Crippen molar-refractivity contribution in [2.75, 3.05) is 11.9 Å². The summed E-state index contributed by atoms with van der Waals surface area (Å²) in [5.41, 5.74) is 1.93. The molecule has 0 aliphatic rings. The number of alkyl halides is 2. The Bertz CT molecular complexity index is 781. The minimum atomic E-state index is -2.96. The van der Waals surface area contributed by atoms with Gasteiger partial charge in [-0.3, -0.25) is 9.48 Å². The average molecular weight is 388 g/mol. The minimum absolute atomic E-state index is 0.0860. The Morgan fingerprint density at radius 2 is 2.08 bits per heavy atom. The van der Waals surface area contributed by atoms with Gasteiger partial charge in [0.05, 0.1) is 29.6 Å². The van der Waals surface area contributed by atoms with Crippen LogP contribution < -0.4 is 14.8 Å². The SMILES string of the molecule is CCOc1cc(NC(=O)CCn2nc(C)c(Cl)c2C)ccc1OC(F)F. The Kier molecular flexibility index (Phi) is 6.79. The first-order valence-corrected chi connectivity index (χ1v) is 8.40. The molecule has 1 aromatic carbocycles. The molecule has 0 spiro atoms. The highest BCUT2D eigenvalue weighted by molar-refractivity contribution is 6.31. The van der Waals surface area contributed by atoms with Gasteiger partial charge in [0.2, 0.25) is 5.91 Å². The first-order chi connectivity index (χ1) is 12.3. The molecule has 1 heterocycles. The summed E-state index contributed by atoms with van der Waals surface area (Å²) >= 11 is 6.08. The molecule has 0 unspecified atom stereocenters. The van der Waals surface area contributed by atoms with E-state index in [0.717, 1.165) is 5.69 Å². The summed E-state index contributed by atoms with van der Waals surface area (Å²) in [6, 6.07) is 4.24. The Morgan fingerprint density at radius 3 is 2.65 bits per heavy atom. The van der Waals surface area contributed by atoms with Crippen LogP contribution >= 0.6 is 11.6 Å². The molecule has 2 rings (SSSR count). The molecule has 1 amide bonds. The van der Waals surface area contributed by atoms with Crippen molar-refractivity contribution in [3.05, 3.63) is 34.6 Å². The van der Waals surface area contributed by atoms with Crippen LogP contribution in [0.15, 0.2) is 18.2 Å². The molecule has 0 radical (unpaired) electrons. The van der Waals surface area contributed by atoms with Crippen molar-refractivity contribution in [2.24, 2.45) is 0 Å². The number of hydrogen-bond donors (Lipinski definition) is 1. The molecule has 9 heteroatoms. The number of anilines is 1. The molecule has 1 N–H and O–H groups in total. The lowest BCUT2D eigenvalue weighted by atomic mass is 10.2. The van der Waals surface area contributed by atoms with E-state index in [1.165, 1.54) is 18.2 Å². The average Bonchev–Trinajstić information content (AvgIpc) is 2.82. The van der Waals surface area contributed by atoms with E-state index in [-0.39, 0.29) is 30.4 Å². The number of aromatic nitrogens is 2. The molecule has 6 nitrogen and oxygen atoms in total. The molecule has 0 bridgehead atoms. The lowest BCUT2D eigenvalue weighted by Crippen LogP contribution is -2.16. The first kappa shape index (κ1) is 20.0. The van der Waals surface area contributed by atoms with E-state index in [2.05, 4.69) is 15.2 Å². The number of halogens is 3. The molecule has 0 aliphatic carbocycles. The largest absolute Gasteiger partial charge is 0.490 e. The normalized spacial score (nSPS) is 10.9. The predicted molar refractivity (Wildman–Crippen MR) is 94.2 cm³/mol. The second kappa shape index (κ2) is 8.84. The van der Waals surface area contributed by atoms with Crippen molar-refractivity contribution in [1.29, 1.82) is 0 Å². The molecule has 1 aromatic heterocycles. The zero-order valence-corrected chi connectivity index (χ0v) is 15.4. The van der Waals surface area contributed by atoms with Gasteiger partial charge < -0.3 is 14.8 Å². The molecule has 0 saturated heterocycles. The van der Waals surface area contributed by atoms with Crippen LogP contribution in [-0.4, -0.2) is 28.9 Å². The lowest BCUT2D eigenvalue weighted by molar-refractivity contribution is -0.116. The third-order valence-corrected chi connectivity index (χ3v) is 4.13. The minimum Gasteiger partial charge on any atom is -0.490 e. The third-order valence-electron chi connectivity index (χ3n) is 3.59. The fourth-order valence-corrected chi connectivity index (χ4v) is 2.51. The Labute approximate surface area is 155 Å². The van der Waals surface area contributed by atoms with Crippen LogP contribution in [0.2, 0.25) is 5.02 Å². The molecular formula is C17H20ClF2N3O3. The molecule has 142 valence electrons. The Hall–Kier alpha value is -2.35. The summed E-state index contributed by atoms with van der Waals surface area (Å²) in [6.07, 6.45) is 0.178. The molecule has 26 heavy (non-hydrogen) atoms. The quantitative estimate of drug-likeness (QED) is 0.737. The van der Waals surface area contributed by atoms with Gasteiger partial charge >= 0.3 is 6.61 Å². The fourth-order valence-electron chi connectivity index (χ4n) is 2.37. The predicted octanol–water partition coefficient (Wildman–Crippen LogP) is 4.18. The highest BCUT2D eigenvalue weighted by Gasteiger charge is 2.14. The number of nitrogens with one attached hydrogen (secondary N) is 1. The van der Waals surface area contributed by atoms with E-state index in [9.17, 15) is 13.6 Å². The summed E-state index contributed by atoms with van der Waals surface area (Å²) in [5, 5.41) is 7.54. The van der Waals surface area contributed by atoms with Gasteiger partial charge in [-0.15, -0.1) is 0 Å². The maximum absolute atomic E-state index is 12.4. The molecule has 0 fully saturated rings. The molecule has 0 aliphatic heterocycles. The number of benzene rings is 1. The van der Waals surface area contributed by atoms with Crippen LogP contribution in [0.25, 0.3) is 0 Å². The number of carbonyl (C=O) groups excluding carboxylic acids is 1. The summed E-state index contributed by atoms with van der Waals surface area (Å²) in [7, 11) is 0. The topological polar surface area (TPSA) is 65.4 Å². The van der Waals surface area contributed by atoms with Crippen molar-refractivity contribution in [1.82, 2.24) is 9.78 Å². The number of nitrogens with zero attached hydrogens (tertiary/aromatic N) is 2. The number of carbonyl (C=O) groups is 1. The van der Waals surface area contributed by atoms with Gasteiger partial charge in [0, 0.05) is 18.2 Å². The van der Waals surface area contributed by atoms with Crippen molar-refractivity contribution < 1.29 is 23.0 Å². The summed E-state index contributed by atoms with van der Waals surface area (Å²) in [6.45, 7) is 3.03. The summed E-state index contributed by atoms with van der Waals surface area (Å²) in [4.78, 5) is 12.1. The van der Waals surface area contributed by atoms with Crippen LogP contribution in [0.5, 0.6) is 11.5 Å². The highest BCUT2D eigenvalue weighted by atomic mass is 35.5. The van der Waals surface area contributed by atoms with E-state index in [4.69, 9.17) is 16.3 Å². The number of rotatable bonds is 8. The molecule has 0 atom stereocenters. The van der Waals surface area contributed by atoms with Crippen LogP contribution in [0.3, 0.4) is 0 Å². The van der Waals surface area contributed by atoms with E-state index in [1.807, 2.05) is 6.92 Å². The third kappa shape index (κ3) is 5.08. The van der Waals surface area contributed by atoms with Gasteiger partial charge in [-0.2, -0.15) is 13.9 Å². The van der Waals surface area contributed by atoms with Crippen molar-refractivity contribution in [3.63, 3.8) is 0 Å². The van der Waals surface area contributed by atoms with Gasteiger partial charge in [-0.25, -0.2) is 0 Å². The molecule has 2 aromatic rings. The van der Waals surface area contributed by atoms with E-state index in [0.29, 0.717) is 22.9 Å². The summed E-state index contributed by atoms with van der Waals surface area (Å²) in [5.74, 6) is -0.202. The second-order valence-electron chi connectivity index (χ2n) is 5.48. The highest BCUT2D eigenvalue weighted by Crippen LogP contribution is 2.31. The smallest absolute Gasteiger partial charge is 0.387 e. The zero-order chi connectivity index (χ0) is 19.3.